The number of hydrogen-bond donors (Lipinski definition) is 3. The van der Waals surface area contributed by atoms with Gasteiger partial charge < -0.3 is 16.0 Å². The van der Waals surface area contributed by atoms with Crippen molar-refractivity contribution in [1.29, 1.82) is 0 Å². The van der Waals surface area contributed by atoms with Gasteiger partial charge in [-0.2, -0.15) is 0 Å². The molecule has 1 aromatic carbocycles. The van der Waals surface area contributed by atoms with Crippen LogP contribution < -0.4 is 16.0 Å². The predicted molar refractivity (Wildman–Crippen MR) is 81.2 cm³/mol. The van der Waals surface area contributed by atoms with Crippen molar-refractivity contribution in [2.45, 2.75) is 31.7 Å². The molecule has 3 N–H and O–H groups in total. The molecule has 1 saturated carbocycles. The molecule has 1 atom stereocenters. The molecule has 1 aliphatic carbocycles. The Morgan fingerprint density at radius 3 is 2.48 bits per heavy atom. The number of hydrogen-bond acceptors (Lipinski definition) is 3. The van der Waals surface area contributed by atoms with Crippen LogP contribution in [0.1, 0.15) is 36.0 Å². The van der Waals surface area contributed by atoms with E-state index in [2.05, 4.69) is 16.0 Å². The summed E-state index contributed by atoms with van der Waals surface area (Å²) in [4.78, 5) is 23.8. The SMILES string of the molecule is O=C(N[C@H]1CCCNC1)c1ccc(NC(=O)C2CC2)cc1. The zero-order valence-corrected chi connectivity index (χ0v) is 12.0. The summed E-state index contributed by atoms with van der Waals surface area (Å²) in [6.45, 7) is 1.86. The minimum absolute atomic E-state index is 0.0521. The molecule has 0 spiro atoms. The highest BCUT2D eigenvalue weighted by Crippen LogP contribution is 2.30. The third-order valence-corrected chi connectivity index (χ3v) is 3.99. The van der Waals surface area contributed by atoms with Crippen LogP contribution in [-0.4, -0.2) is 30.9 Å². The maximum absolute atomic E-state index is 12.1. The first kappa shape index (κ1) is 14.1. The fourth-order valence-electron chi connectivity index (χ4n) is 2.54. The van der Waals surface area contributed by atoms with E-state index in [1.807, 2.05) is 0 Å². The predicted octanol–water partition coefficient (Wildman–Crippen LogP) is 1.52. The van der Waals surface area contributed by atoms with Crippen molar-refractivity contribution in [3.63, 3.8) is 0 Å². The lowest BCUT2D eigenvalue weighted by Crippen LogP contribution is -2.45. The molecule has 2 aliphatic rings. The van der Waals surface area contributed by atoms with Gasteiger partial charge in [0.2, 0.25) is 5.91 Å². The number of anilines is 1. The van der Waals surface area contributed by atoms with Crippen LogP contribution in [0, 0.1) is 5.92 Å². The molecule has 1 aliphatic heterocycles. The number of amides is 2. The van der Waals surface area contributed by atoms with Crippen molar-refractivity contribution in [2.75, 3.05) is 18.4 Å². The number of carbonyl (C=O) groups excluding carboxylic acids is 2. The van der Waals surface area contributed by atoms with Crippen molar-refractivity contribution >= 4 is 17.5 Å². The fraction of sp³-hybridized carbons (Fsp3) is 0.500. The molecule has 112 valence electrons. The van der Waals surface area contributed by atoms with E-state index >= 15 is 0 Å². The molecule has 2 amide bonds. The summed E-state index contributed by atoms with van der Waals surface area (Å²) in [6, 6.07) is 7.30. The molecule has 0 aromatic heterocycles. The van der Waals surface area contributed by atoms with Gasteiger partial charge in [0.05, 0.1) is 0 Å². The van der Waals surface area contributed by atoms with E-state index in [4.69, 9.17) is 0 Å². The Hall–Kier alpha value is -1.88. The minimum Gasteiger partial charge on any atom is -0.348 e. The maximum Gasteiger partial charge on any atom is 0.251 e. The Balaban J connectivity index is 1.55. The van der Waals surface area contributed by atoms with Gasteiger partial charge in [-0.05, 0) is 56.5 Å². The summed E-state index contributed by atoms with van der Waals surface area (Å²) < 4.78 is 0. The van der Waals surface area contributed by atoms with Gasteiger partial charge in [-0.1, -0.05) is 0 Å². The number of rotatable bonds is 4. The van der Waals surface area contributed by atoms with Crippen LogP contribution in [0.5, 0.6) is 0 Å². The van der Waals surface area contributed by atoms with Crippen molar-refractivity contribution in [3.8, 4) is 0 Å². The first-order valence-electron chi connectivity index (χ1n) is 7.65. The first-order chi connectivity index (χ1) is 10.2. The topological polar surface area (TPSA) is 70.2 Å². The number of nitrogens with one attached hydrogen (secondary N) is 3. The number of benzene rings is 1. The van der Waals surface area contributed by atoms with Crippen molar-refractivity contribution < 1.29 is 9.59 Å². The summed E-state index contributed by atoms with van der Waals surface area (Å²) in [5, 5.41) is 9.18. The van der Waals surface area contributed by atoms with Crippen molar-refractivity contribution in [2.24, 2.45) is 5.92 Å². The van der Waals surface area contributed by atoms with E-state index in [0.717, 1.165) is 44.5 Å². The van der Waals surface area contributed by atoms with E-state index in [0.29, 0.717) is 5.56 Å². The summed E-state index contributed by atoms with van der Waals surface area (Å²) >= 11 is 0. The standard InChI is InChI=1S/C16H21N3O2/c20-15(11-3-4-11)18-13-7-5-12(6-8-13)16(21)19-14-2-1-9-17-10-14/h5-8,11,14,17H,1-4,9-10H2,(H,18,20)(H,19,21)/t14-/m0/s1. The highest BCUT2D eigenvalue weighted by Gasteiger charge is 2.29. The average molecular weight is 287 g/mol. The highest BCUT2D eigenvalue weighted by molar-refractivity contribution is 5.96. The van der Waals surface area contributed by atoms with Crippen LogP contribution in [0.3, 0.4) is 0 Å². The van der Waals surface area contributed by atoms with E-state index < -0.39 is 0 Å². The van der Waals surface area contributed by atoms with Gasteiger partial charge in [-0.15, -0.1) is 0 Å². The van der Waals surface area contributed by atoms with Gasteiger partial charge in [0.1, 0.15) is 0 Å². The molecule has 0 radical (unpaired) electrons. The lowest BCUT2D eigenvalue weighted by molar-refractivity contribution is -0.117. The lowest BCUT2D eigenvalue weighted by Gasteiger charge is -2.23. The number of piperidine rings is 1. The van der Waals surface area contributed by atoms with Gasteiger partial charge in [-0.25, -0.2) is 0 Å². The zero-order valence-electron chi connectivity index (χ0n) is 12.0. The Labute approximate surface area is 124 Å². The second-order valence-corrected chi connectivity index (χ2v) is 5.86. The average Bonchev–Trinajstić information content (AvgIpc) is 3.33. The van der Waals surface area contributed by atoms with Crippen LogP contribution in [0.15, 0.2) is 24.3 Å². The Morgan fingerprint density at radius 1 is 1.10 bits per heavy atom. The Morgan fingerprint density at radius 2 is 1.86 bits per heavy atom. The smallest absolute Gasteiger partial charge is 0.251 e. The molecular formula is C16H21N3O2. The molecular weight excluding hydrogens is 266 g/mol. The van der Waals surface area contributed by atoms with Crippen molar-refractivity contribution in [1.82, 2.24) is 10.6 Å². The second kappa shape index (κ2) is 6.26. The summed E-state index contributed by atoms with van der Waals surface area (Å²) in [5.41, 5.74) is 1.38. The second-order valence-electron chi connectivity index (χ2n) is 5.86. The molecule has 1 aromatic rings. The third kappa shape index (κ3) is 3.82. The monoisotopic (exact) mass is 287 g/mol. The minimum atomic E-state index is -0.0521. The van der Waals surface area contributed by atoms with Gasteiger partial charge in [-0.3, -0.25) is 9.59 Å². The Kier molecular flexibility index (Phi) is 4.20. The molecule has 1 saturated heterocycles. The highest BCUT2D eigenvalue weighted by atomic mass is 16.2. The quantitative estimate of drug-likeness (QED) is 0.786. The van der Waals surface area contributed by atoms with E-state index in [-0.39, 0.29) is 23.8 Å². The summed E-state index contributed by atoms with van der Waals surface area (Å²) in [5.74, 6) is 0.219. The molecule has 1 heterocycles. The normalized spacial score (nSPS) is 21.6. The summed E-state index contributed by atoms with van der Waals surface area (Å²) in [6.07, 6.45) is 4.09. The molecule has 5 heteroatoms. The van der Waals surface area contributed by atoms with Gasteiger partial charge in [0, 0.05) is 29.8 Å². The molecule has 0 bridgehead atoms. The Bertz CT molecular complexity index is 517. The van der Waals surface area contributed by atoms with Crippen LogP contribution in [0.25, 0.3) is 0 Å². The lowest BCUT2D eigenvalue weighted by atomic mass is 10.1. The first-order valence-corrected chi connectivity index (χ1v) is 7.65. The zero-order chi connectivity index (χ0) is 14.7. The van der Waals surface area contributed by atoms with Crippen molar-refractivity contribution in [3.05, 3.63) is 29.8 Å². The molecule has 3 rings (SSSR count). The van der Waals surface area contributed by atoms with Crippen LogP contribution in [0.2, 0.25) is 0 Å². The molecule has 5 nitrogen and oxygen atoms in total. The van der Waals surface area contributed by atoms with E-state index in [9.17, 15) is 9.59 Å². The van der Waals surface area contributed by atoms with Crippen LogP contribution in [-0.2, 0) is 4.79 Å². The van der Waals surface area contributed by atoms with E-state index in [1.54, 1.807) is 24.3 Å². The third-order valence-electron chi connectivity index (χ3n) is 3.99. The van der Waals surface area contributed by atoms with Gasteiger partial charge in [0.25, 0.3) is 5.91 Å². The molecule has 0 unspecified atom stereocenters. The van der Waals surface area contributed by atoms with E-state index in [1.165, 1.54) is 0 Å². The summed E-state index contributed by atoms with van der Waals surface area (Å²) in [7, 11) is 0. The van der Waals surface area contributed by atoms with Crippen LogP contribution in [0.4, 0.5) is 5.69 Å². The number of carbonyl (C=O) groups is 2. The maximum atomic E-state index is 12.1. The van der Waals surface area contributed by atoms with Gasteiger partial charge >= 0.3 is 0 Å². The largest absolute Gasteiger partial charge is 0.348 e. The van der Waals surface area contributed by atoms with Crippen LogP contribution >= 0.6 is 0 Å². The molecule has 2 fully saturated rings. The fourth-order valence-corrected chi connectivity index (χ4v) is 2.54. The van der Waals surface area contributed by atoms with Gasteiger partial charge in [0.15, 0.2) is 0 Å². The molecule has 21 heavy (non-hydrogen) atoms.